The maximum atomic E-state index is 12.8. The van der Waals surface area contributed by atoms with Crippen molar-refractivity contribution in [2.24, 2.45) is 0 Å². The molecule has 0 bridgehead atoms. The number of carbonyl (C=O) groups excluding carboxylic acids is 2. The first-order valence-electron chi connectivity index (χ1n) is 12.0. The van der Waals surface area contributed by atoms with Crippen molar-refractivity contribution >= 4 is 11.8 Å². The second-order valence-electron chi connectivity index (χ2n) is 7.58. The number of hydrogen-bond donors (Lipinski definition) is 2. The molecule has 2 N–H and O–H groups in total. The highest BCUT2D eigenvalue weighted by Gasteiger charge is 2.06. The van der Waals surface area contributed by atoms with Crippen LogP contribution in [0.25, 0.3) is 0 Å². The Balaban J connectivity index is 1.97. The number of rotatable bonds is 17. The maximum absolute atomic E-state index is 12.8. The molecule has 0 saturated carbocycles. The SMILES string of the molecule is CCC=CCC=CCC=CCC=CCC=CCCCC(=O)NCCNC(=O)c1ccc(F)nc1. The molecule has 0 fully saturated rings. The van der Waals surface area contributed by atoms with Gasteiger partial charge in [-0.25, -0.2) is 4.98 Å². The normalized spacial score (nSPS) is 12.1. The van der Waals surface area contributed by atoms with E-state index in [9.17, 15) is 14.0 Å². The largest absolute Gasteiger partial charge is 0.354 e. The third-order valence-electron chi connectivity index (χ3n) is 4.65. The minimum Gasteiger partial charge on any atom is -0.354 e. The molecule has 6 heteroatoms. The lowest BCUT2D eigenvalue weighted by molar-refractivity contribution is -0.121. The molecule has 0 aromatic carbocycles. The van der Waals surface area contributed by atoms with Gasteiger partial charge >= 0.3 is 0 Å². The third kappa shape index (κ3) is 16.4. The maximum Gasteiger partial charge on any atom is 0.252 e. The van der Waals surface area contributed by atoms with Crippen LogP contribution in [0.5, 0.6) is 0 Å². The molecule has 1 heterocycles. The zero-order chi connectivity index (χ0) is 24.7. The van der Waals surface area contributed by atoms with Crippen molar-refractivity contribution in [2.45, 2.75) is 58.3 Å². The van der Waals surface area contributed by atoms with E-state index in [-0.39, 0.29) is 17.4 Å². The summed E-state index contributed by atoms with van der Waals surface area (Å²) in [5.74, 6) is -1.02. The molecular weight excluding hydrogens is 429 g/mol. The molecule has 0 aliphatic rings. The number of aromatic nitrogens is 1. The summed E-state index contributed by atoms with van der Waals surface area (Å²) in [5.41, 5.74) is 0.282. The molecule has 34 heavy (non-hydrogen) atoms. The summed E-state index contributed by atoms with van der Waals surface area (Å²) in [7, 11) is 0. The van der Waals surface area contributed by atoms with Crippen molar-refractivity contribution in [3.8, 4) is 0 Å². The molecule has 0 saturated heterocycles. The lowest BCUT2D eigenvalue weighted by Crippen LogP contribution is -2.34. The molecule has 0 aliphatic carbocycles. The number of nitrogens with zero attached hydrogens (tertiary/aromatic N) is 1. The van der Waals surface area contributed by atoms with Gasteiger partial charge in [-0.3, -0.25) is 9.59 Å². The van der Waals surface area contributed by atoms with Gasteiger partial charge in [0, 0.05) is 25.7 Å². The Hall–Kier alpha value is -3.28. The Labute approximate surface area is 203 Å². The van der Waals surface area contributed by atoms with Crippen LogP contribution < -0.4 is 10.6 Å². The highest BCUT2D eigenvalue weighted by Crippen LogP contribution is 2.00. The molecule has 0 spiro atoms. The van der Waals surface area contributed by atoms with E-state index in [0.717, 1.165) is 51.0 Å². The lowest BCUT2D eigenvalue weighted by atomic mass is 10.2. The Bertz CT molecular complexity index is 840. The zero-order valence-electron chi connectivity index (χ0n) is 20.2. The summed E-state index contributed by atoms with van der Waals surface area (Å²) in [4.78, 5) is 27.1. The summed E-state index contributed by atoms with van der Waals surface area (Å²) in [6.07, 6.45) is 29.8. The van der Waals surface area contributed by atoms with Gasteiger partial charge in [0.2, 0.25) is 11.9 Å². The van der Waals surface area contributed by atoms with E-state index < -0.39 is 5.95 Å². The molecule has 5 nitrogen and oxygen atoms in total. The van der Waals surface area contributed by atoms with Gasteiger partial charge in [-0.15, -0.1) is 0 Å². The Morgan fingerprint density at radius 2 is 1.38 bits per heavy atom. The van der Waals surface area contributed by atoms with E-state index in [1.54, 1.807) is 0 Å². The van der Waals surface area contributed by atoms with Crippen LogP contribution in [0.4, 0.5) is 4.39 Å². The minimum absolute atomic E-state index is 0.0370. The Kier molecular flexibility index (Phi) is 17.2. The average molecular weight is 468 g/mol. The van der Waals surface area contributed by atoms with Gasteiger partial charge in [-0.2, -0.15) is 4.39 Å². The van der Waals surface area contributed by atoms with Crippen molar-refractivity contribution in [3.63, 3.8) is 0 Å². The molecule has 184 valence electrons. The smallest absolute Gasteiger partial charge is 0.252 e. The predicted octanol–water partition coefficient (Wildman–Crippen LogP) is 5.99. The molecule has 1 rings (SSSR count). The first-order valence-corrected chi connectivity index (χ1v) is 12.0. The van der Waals surface area contributed by atoms with Crippen LogP contribution in [0.2, 0.25) is 0 Å². The first-order chi connectivity index (χ1) is 16.6. The number of nitrogens with one attached hydrogen (secondary N) is 2. The number of amides is 2. The number of hydrogen-bond acceptors (Lipinski definition) is 3. The van der Waals surface area contributed by atoms with Gasteiger partial charge in [0.15, 0.2) is 0 Å². The molecule has 1 aromatic rings. The Morgan fingerprint density at radius 3 is 1.94 bits per heavy atom. The van der Waals surface area contributed by atoms with Crippen molar-refractivity contribution in [1.82, 2.24) is 15.6 Å². The summed E-state index contributed by atoms with van der Waals surface area (Å²) in [6, 6.07) is 2.50. The standard InChI is InChI=1S/C28H38FN3O2/c1-2-3-4-5-6-7-8-9-10-11-12-13-14-15-16-17-18-19-27(33)30-22-23-31-28(34)25-20-21-26(29)32-24-25/h3-4,6-7,9-10,12-13,15-16,20-21,24H,2,5,8,11,14,17-19,22-23H2,1H3,(H,30,33)(H,31,34). The van der Waals surface area contributed by atoms with Crippen LogP contribution in [0, 0.1) is 5.95 Å². The molecule has 2 amide bonds. The number of halogens is 1. The van der Waals surface area contributed by atoms with E-state index in [4.69, 9.17) is 0 Å². The molecule has 1 aromatic heterocycles. The van der Waals surface area contributed by atoms with Gasteiger partial charge in [0.25, 0.3) is 5.91 Å². The fourth-order valence-electron chi connectivity index (χ4n) is 2.83. The predicted molar refractivity (Wildman–Crippen MR) is 138 cm³/mol. The summed E-state index contributed by atoms with van der Waals surface area (Å²) >= 11 is 0. The van der Waals surface area contributed by atoms with Crippen LogP contribution >= 0.6 is 0 Å². The number of allylic oxidation sites excluding steroid dienone is 10. The molecular formula is C28H38FN3O2. The average Bonchev–Trinajstić information content (AvgIpc) is 2.84. The molecule has 0 atom stereocenters. The van der Waals surface area contributed by atoms with E-state index in [1.807, 2.05) is 0 Å². The monoisotopic (exact) mass is 467 g/mol. The number of carbonyl (C=O) groups is 2. The quantitative estimate of drug-likeness (QED) is 0.168. The summed E-state index contributed by atoms with van der Waals surface area (Å²) < 4.78 is 12.8. The van der Waals surface area contributed by atoms with E-state index in [1.165, 1.54) is 12.3 Å². The van der Waals surface area contributed by atoms with Crippen molar-refractivity contribution in [1.29, 1.82) is 0 Å². The lowest BCUT2D eigenvalue weighted by Gasteiger charge is -2.06. The summed E-state index contributed by atoms with van der Waals surface area (Å²) in [5, 5.41) is 5.43. The van der Waals surface area contributed by atoms with Crippen molar-refractivity contribution in [2.75, 3.05) is 13.1 Å². The van der Waals surface area contributed by atoms with E-state index >= 15 is 0 Å². The van der Waals surface area contributed by atoms with Crippen LogP contribution in [0.15, 0.2) is 79.1 Å². The van der Waals surface area contributed by atoms with E-state index in [2.05, 4.69) is 83.3 Å². The second-order valence-corrected chi connectivity index (χ2v) is 7.58. The molecule has 0 aliphatic heterocycles. The van der Waals surface area contributed by atoms with Gasteiger partial charge in [0.1, 0.15) is 0 Å². The van der Waals surface area contributed by atoms with Crippen molar-refractivity contribution in [3.05, 3.63) is 90.6 Å². The second kappa shape index (κ2) is 20.3. The van der Waals surface area contributed by atoms with Gasteiger partial charge in [0.05, 0.1) is 5.56 Å². The first kappa shape index (κ1) is 28.8. The minimum atomic E-state index is -0.631. The number of pyridine rings is 1. The fraction of sp³-hybridized carbons (Fsp3) is 0.393. The Morgan fingerprint density at radius 1 is 0.824 bits per heavy atom. The highest BCUT2D eigenvalue weighted by molar-refractivity contribution is 5.93. The van der Waals surface area contributed by atoms with Crippen LogP contribution in [-0.2, 0) is 4.79 Å². The zero-order valence-corrected chi connectivity index (χ0v) is 20.2. The van der Waals surface area contributed by atoms with Gasteiger partial charge in [-0.05, 0) is 57.1 Å². The third-order valence-corrected chi connectivity index (χ3v) is 4.65. The van der Waals surface area contributed by atoms with Crippen LogP contribution in [-0.4, -0.2) is 29.9 Å². The highest BCUT2D eigenvalue weighted by atomic mass is 19.1. The molecule has 0 unspecified atom stereocenters. The van der Waals surface area contributed by atoms with Crippen molar-refractivity contribution < 1.29 is 14.0 Å². The van der Waals surface area contributed by atoms with Gasteiger partial charge < -0.3 is 10.6 Å². The van der Waals surface area contributed by atoms with Crippen LogP contribution in [0.1, 0.15) is 68.6 Å². The topological polar surface area (TPSA) is 71.1 Å². The van der Waals surface area contributed by atoms with Gasteiger partial charge in [-0.1, -0.05) is 67.7 Å². The van der Waals surface area contributed by atoms with Crippen LogP contribution in [0.3, 0.4) is 0 Å². The van der Waals surface area contributed by atoms with E-state index in [0.29, 0.717) is 19.5 Å². The fourth-order valence-corrected chi connectivity index (χ4v) is 2.83. The number of unbranched alkanes of at least 4 members (excludes halogenated alkanes) is 1. The summed E-state index contributed by atoms with van der Waals surface area (Å²) in [6.45, 7) is 2.79. The molecule has 0 radical (unpaired) electrons.